The van der Waals surface area contributed by atoms with Crippen LogP contribution in [0.1, 0.15) is 41.0 Å². The third kappa shape index (κ3) is 4.21. The van der Waals surface area contributed by atoms with E-state index in [9.17, 15) is 4.79 Å². The number of carbonyl (C=O) groups is 1. The number of hydrogen-bond acceptors (Lipinski definition) is 6. The molecule has 2 fully saturated rings. The fourth-order valence-electron chi connectivity index (χ4n) is 4.53. The van der Waals surface area contributed by atoms with Gasteiger partial charge in [0.1, 0.15) is 16.3 Å². The number of thiophene rings is 1. The average Bonchev–Trinajstić information content (AvgIpc) is 3.55. The molecule has 0 spiro atoms. The highest BCUT2D eigenvalue weighted by atomic mass is 35.5. The van der Waals surface area contributed by atoms with E-state index >= 15 is 0 Å². The summed E-state index contributed by atoms with van der Waals surface area (Å²) in [7, 11) is 0. The van der Waals surface area contributed by atoms with Crippen molar-refractivity contribution >= 4 is 39.1 Å². The van der Waals surface area contributed by atoms with Crippen LogP contribution >= 0.6 is 22.9 Å². The molecule has 32 heavy (non-hydrogen) atoms. The van der Waals surface area contributed by atoms with Gasteiger partial charge in [0.05, 0.1) is 16.1 Å². The van der Waals surface area contributed by atoms with Crippen LogP contribution in [0.25, 0.3) is 21.6 Å². The predicted molar refractivity (Wildman–Crippen MR) is 129 cm³/mol. The number of rotatable bonds is 6. The van der Waals surface area contributed by atoms with Crippen molar-refractivity contribution in [3.63, 3.8) is 0 Å². The summed E-state index contributed by atoms with van der Waals surface area (Å²) in [5.74, 6) is 1.26. The molecule has 2 aromatic heterocycles. The Morgan fingerprint density at radius 2 is 1.81 bits per heavy atom. The summed E-state index contributed by atoms with van der Waals surface area (Å²) in [5, 5.41) is 1.45. The van der Waals surface area contributed by atoms with Gasteiger partial charge in [0, 0.05) is 25.2 Å². The number of amides is 1. The molecule has 0 aliphatic carbocycles. The van der Waals surface area contributed by atoms with Gasteiger partial charge in [0.2, 0.25) is 0 Å². The zero-order valence-electron chi connectivity index (χ0n) is 18.3. The van der Waals surface area contributed by atoms with Crippen molar-refractivity contribution in [2.24, 2.45) is 0 Å². The summed E-state index contributed by atoms with van der Waals surface area (Å²) < 4.78 is 6.30. The normalized spacial score (nSPS) is 16.9. The minimum Gasteiger partial charge on any atom is -0.490 e. The predicted octanol–water partition coefficient (Wildman–Crippen LogP) is 5.03. The molecule has 0 unspecified atom stereocenters. The number of aryl methyl sites for hydroxylation is 1. The summed E-state index contributed by atoms with van der Waals surface area (Å²) in [5.41, 5.74) is 1.59. The van der Waals surface area contributed by atoms with Gasteiger partial charge in [-0.1, -0.05) is 23.7 Å². The Morgan fingerprint density at radius 3 is 2.56 bits per heavy atom. The number of halogens is 1. The van der Waals surface area contributed by atoms with Gasteiger partial charge in [0.25, 0.3) is 5.91 Å². The van der Waals surface area contributed by atoms with Crippen LogP contribution < -0.4 is 4.74 Å². The van der Waals surface area contributed by atoms with Crippen LogP contribution in [0.15, 0.2) is 24.3 Å². The van der Waals surface area contributed by atoms with Crippen molar-refractivity contribution in [3.8, 4) is 17.1 Å². The van der Waals surface area contributed by atoms with Crippen LogP contribution in [0.3, 0.4) is 0 Å². The summed E-state index contributed by atoms with van der Waals surface area (Å²) in [4.78, 5) is 28.6. The molecule has 1 amide bonds. The third-order valence-corrected chi connectivity index (χ3v) is 7.63. The minimum atomic E-state index is 0.0420. The molecular formula is C24H27ClN4O2S. The molecule has 3 aromatic rings. The number of nitrogens with zero attached hydrogens (tertiary/aromatic N) is 4. The number of likely N-dealkylation sites (tertiary alicyclic amines) is 2. The molecule has 4 heterocycles. The van der Waals surface area contributed by atoms with Gasteiger partial charge >= 0.3 is 0 Å². The first kappa shape index (κ1) is 21.6. The van der Waals surface area contributed by atoms with Crippen molar-refractivity contribution < 1.29 is 9.53 Å². The molecule has 168 valence electrons. The molecule has 2 aliphatic rings. The molecule has 8 heteroatoms. The van der Waals surface area contributed by atoms with Crippen molar-refractivity contribution in [2.75, 3.05) is 39.3 Å². The molecule has 0 N–H and O–H groups in total. The lowest BCUT2D eigenvalue weighted by Gasteiger charge is -2.17. The SMILES string of the molecule is Cc1nc(-c2ccccc2Cl)nc2sc(C(=O)N3CCCC3)c(OCCN3CCCC3)c12. The van der Waals surface area contributed by atoms with E-state index in [2.05, 4.69) is 4.90 Å². The maximum atomic E-state index is 13.4. The van der Waals surface area contributed by atoms with E-state index in [1.165, 1.54) is 24.2 Å². The van der Waals surface area contributed by atoms with E-state index in [0.29, 0.717) is 28.1 Å². The number of ether oxygens (including phenoxy) is 1. The van der Waals surface area contributed by atoms with E-state index in [0.717, 1.165) is 67.0 Å². The Bertz CT molecular complexity index is 1140. The molecule has 2 saturated heterocycles. The van der Waals surface area contributed by atoms with E-state index in [4.69, 9.17) is 26.3 Å². The van der Waals surface area contributed by atoms with Gasteiger partial charge in [0.15, 0.2) is 11.6 Å². The van der Waals surface area contributed by atoms with E-state index in [-0.39, 0.29) is 5.91 Å². The summed E-state index contributed by atoms with van der Waals surface area (Å²) in [6.45, 7) is 7.22. The van der Waals surface area contributed by atoms with E-state index < -0.39 is 0 Å². The first-order valence-corrected chi connectivity index (χ1v) is 12.5. The topological polar surface area (TPSA) is 58.6 Å². The van der Waals surface area contributed by atoms with Gasteiger partial charge < -0.3 is 9.64 Å². The van der Waals surface area contributed by atoms with Crippen LogP contribution in [0, 0.1) is 6.92 Å². The zero-order chi connectivity index (χ0) is 22.1. The highest BCUT2D eigenvalue weighted by molar-refractivity contribution is 7.21. The molecule has 0 atom stereocenters. The molecule has 1 aromatic carbocycles. The Labute approximate surface area is 197 Å². The largest absolute Gasteiger partial charge is 0.490 e. The van der Waals surface area contributed by atoms with Gasteiger partial charge in [-0.3, -0.25) is 9.69 Å². The van der Waals surface area contributed by atoms with E-state index in [1.54, 1.807) is 0 Å². The fraction of sp³-hybridized carbons (Fsp3) is 0.458. The second-order valence-corrected chi connectivity index (χ2v) is 9.86. The lowest BCUT2D eigenvalue weighted by molar-refractivity contribution is 0.0793. The third-order valence-electron chi connectivity index (χ3n) is 6.24. The lowest BCUT2D eigenvalue weighted by atomic mass is 10.2. The molecule has 2 aliphatic heterocycles. The molecule has 0 radical (unpaired) electrons. The molecular weight excluding hydrogens is 444 g/mol. The molecule has 6 nitrogen and oxygen atoms in total. The quantitative estimate of drug-likeness (QED) is 0.505. The highest BCUT2D eigenvalue weighted by Gasteiger charge is 2.29. The number of aromatic nitrogens is 2. The maximum absolute atomic E-state index is 13.4. The average molecular weight is 471 g/mol. The fourth-order valence-corrected chi connectivity index (χ4v) is 5.89. The Morgan fingerprint density at radius 1 is 1.09 bits per heavy atom. The number of hydrogen-bond donors (Lipinski definition) is 0. The van der Waals surface area contributed by atoms with Gasteiger partial charge in [-0.2, -0.15) is 0 Å². The smallest absolute Gasteiger partial charge is 0.267 e. The van der Waals surface area contributed by atoms with Crippen molar-refractivity contribution in [2.45, 2.75) is 32.6 Å². The van der Waals surface area contributed by atoms with Crippen LogP contribution in [0.2, 0.25) is 5.02 Å². The van der Waals surface area contributed by atoms with Gasteiger partial charge in [-0.15, -0.1) is 11.3 Å². The first-order chi connectivity index (χ1) is 15.6. The van der Waals surface area contributed by atoms with Gasteiger partial charge in [-0.05, 0) is 57.8 Å². The standard InChI is InChI=1S/C24H27ClN4O2S/c1-16-19-20(31-15-14-28-10-4-5-11-28)21(24(30)29-12-6-7-13-29)32-23(19)27-22(26-16)17-8-2-3-9-18(17)25/h2-3,8-9H,4-7,10-15H2,1H3. The Kier molecular flexibility index (Phi) is 6.31. The highest BCUT2D eigenvalue weighted by Crippen LogP contribution is 2.41. The maximum Gasteiger partial charge on any atom is 0.267 e. The lowest BCUT2D eigenvalue weighted by Crippen LogP contribution is -2.28. The first-order valence-electron chi connectivity index (χ1n) is 11.3. The summed E-state index contributed by atoms with van der Waals surface area (Å²) in [6.07, 6.45) is 4.60. The van der Waals surface area contributed by atoms with Gasteiger partial charge in [-0.25, -0.2) is 9.97 Å². The van der Waals surface area contributed by atoms with E-state index in [1.807, 2.05) is 36.1 Å². The second kappa shape index (κ2) is 9.33. The van der Waals surface area contributed by atoms with Crippen molar-refractivity contribution in [3.05, 3.63) is 39.9 Å². The molecule has 5 rings (SSSR count). The summed E-state index contributed by atoms with van der Waals surface area (Å²) in [6, 6.07) is 7.57. The zero-order valence-corrected chi connectivity index (χ0v) is 19.8. The monoisotopic (exact) mass is 470 g/mol. The number of carbonyl (C=O) groups excluding carboxylic acids is 1. The molecule has 0 bridgehead atoms. The summed E-state index contributed by atoms with van der Waals surface area (Å²) >= 11 is 7.81. The van der Waals surface area contributed by atoms with Crippen molar-refractivity contribution in [1.29, 1.82) is 0 Å². The van der Waals surface area contributed by atoms with Crippen LogP contribution in [-0.2, 0) is 0 Å². The Balaban J connectivity index is 1.53. The number of fused-ring (bicyclic) bond motifs is 1. The Hall–Kier alpha value is -2.22. The van der Waals surface area contributed by atoms with Crippen LogP contribution in [0.5, 0.6) is 5.75 Å². The van der Waals surface area contributed by atoms with Crippen molar-refractivity contribution in [1.82, 2.24) is 19.8 Å². The second-order valence-electron chi connectivity index (χ2n) is 8.45. The van der Waals surface area contributed by atoms with Crippen LogP contribution in [-0.4, -0.2) is 65.0 Å². The molecule has 0 saturated carbocycles. The minimum absolute atomic E-state index is 0.0420. The number of benzene rings is 1. The van der Waals surface area contributed by atoms with Crippen LogP contribution in [0.4, 0.5) is 0 Å².